The molecular formula is C21H22N4O. The van der Waals surface area contributed by atoms with Crippen LogP contribution in [0.1, 0.15) is 35.3 Å². The average Bonchev–Trinajstić information content (AvgIpc) is 3.33. The van der Waals surface area contributed by atoms with E-state index in [4.69, 9.17) is 4.74 Å². The molecule has 5 heteroatoms. The van der Waals surface area contributed by atoms with Gasteiger partial charge in [-0.1, -0.05) is 18.2 Å². The molecular weight excluding hydrogens is 324 g/mol. The maximum atomic E-state index is 5.76. The molecule has 4 heterocycles. The molecule has 26 heavy (non-hydrogen) atoms. The van der Waals surface area contributed by atoms with Crippen LogP contribution in [-0.2, 0) is 19.4 Å². The van der Waals surface area contributed by atoms with Gasteiger partial charge in [0.1, 0.15) is 5.75 Å². The Hall–Kier alpha value is -2.66. The van der Waals surface area contributed by atoms with Crippen molar-refractivity contribution in [3.63, 3.8) is 0 Å². The summed E-state index contributed by atoms with van der Waals surface area (Å²) < 4.78 is 7.74. The van der Waals surface area contributed by atoms with Gasteiger partial charge in [-0.05, 0) is 48.2 Å². The summed E-state index contributed by atoms with van der Waals surface area (Å²) in [6.45, 7) is 5.01. The van der Waals surface area contributed by atoms with Gasteiger partial charge in [0.25, 0.3) is 0 Å². The highest BCUT2D eigenvalue weighted by molar-refractivity contribution is 5.41. The van der Waals surface area contributed by atoms with Gasteiger partial charge in [-0.3, -0.25) is 4.90 Å². The van der Waals surface area contributed by atoms with Gasteiger partial charge in [0.15, 0.2) is 5.82 Å². The van der Waals surface area contributed by atoms with Crippen molar-refractivity contribution in [2.24, 2.45) is 0 Å². The van der Waals surface area contributed by atoms with Crippen molar-refractivity contribution in [3.05, 3.63) is 71.2 Å². The molecule has 2 aromatic heterocycles. The molecule has 0 bridgehead atoms. The van der Waals surface area contributed by atoms with Crippen molar-refractivity contribution < 1.29 is 4.74 Å². The van der Waals surface area contributed by atoms with Crippen LogP contribution in [0.2, 0.25) is 0 Å². The van der Waals surface area contributed by atoms with Crippen LogP contribution < -0.4 is 4.74 Å². The highest BCUT2D eigenvalue weighted by Gasteiger charge is 2.26. The maximum absolute atomic E-state index is 5.76. The van der Waals surface area contributed by atoms with E-state index in [1.165, 1.54) is 22.4 Å². The van der Waals surface area contributed by atoms with Crippen LogP contribution in [0, 0.1) is 0 Å². The molecule has 0 aliphatic carbocycles. The first-order chi connectivity index (χ1) is 12.8. The first kappa shape index (κ1) is 15.6. The summed E-state index contributed by atoms with van der Waals surface area (Å²) in [5, 5.41) is 4.59. The Morgan fingerprint density at radius 2 is 2.08 bits per heavy atom. The highest BCUT2D eigenvalue weighted by atomic mass is 16.5. The molecule has 0 N–H and O–H groups in total. The van der Waals surface area contributed by atoms with Gasteiger partial charge in [0.2, 0.25) is 0 Å². The van der Waals surface area contributed by atoms with E-state index < -0.39 is 0 Å². The third-order valence-corrected chi connectivity index (χ3v) is 5.59. The molecule has 0 spiro atoms. The standard InChI is InChI=1S/C21H22N4O/c1-15(17-6-5-16-8-11-26-20(16)12-17)24-10-7-18-13-23-25(19(18)14-24)21-4-2-3-9-22-21/h2-6,9,12-13,15H,7-8,10-11,14H2,1H3. The third-order valence-electron chi connectivity index (χ3n) is 5.59. The van der Waals surface area contributed by atoms with Crippen molar-refractivity contribution >= 4 is 0 Å². The summed E-state index contributed by atoms with van der Waals surface area (Å²) in [6, 6.07) is 13.0. The lowest BCUT2D eigenvalue weighted by Crippen LogP contribution is -2.33. The van der Waals surface area contributed by atoms with Crippen LogP contribution in [-0.4, -0.2) is 32.8 Å². The normalized spacial score (nSPS) is 17.4. The van der Waals surface area contributed by atoms with E-state index in [-0.39, 0.29) is 0 Å². The zero-order valence-corrected chi connectivity index (χ0v) is 14.9. The molecule has 0 radical (unpaired) electrons. The number of ether oxygens (including phenoxy) is 1. The van der Waals surface area contributed by atoms with E-state index in [9.17, 15) is 0 Å². The van der Waals surface area contributed by atoms with Crippen molar-refractivity contribution in [1.82, 2.24) is 19.7 Å². The SMILES string of the molecule is CC(c1ccc2c(c1)OCC2)N1CCc2cnn(-c3ccccn3)c2C1. The number of hydrogen-bond acceptors (Lipinski definition) is 4. The second-order valence-electron chi connectivity index (χ2n) is 7.08. The van der Waals surface area contributed by atoms with Gasteiger partial charge in [0, 0.05) is 31.7 Å². The lowest BCUT2D eigenvalue weighted by molar-refractivity contribution is 0.187. The summed E-state index contributed by atoms with van der Waals surface area (Å²) in [5.74, 6) is 1.94. The zero-order chi connectivity index (χ0) is 17.5. The molecule has 3 aromatic rings. The van der Waals surface area contributed by atoms with Gasteiger partial charge < -0.3 is 4.74 Å². The van der Waals surface area contributed by atoms with Gasteiger partial charge in [-0.2, -0.15) is 5.10 Å². The van der Waals surface area contributed by atoms with Crippen molar-refractivity contribution in [3.8, 4) is 11.6 Å². The minimum Gasteiger partial charge on any atom is -0.493 e. The molecule has 1 atom stereocenters. The molecule has 5 nitrogen and oxygen atoms in total. The number of aromatic nitrogens is 3. The van der Waals surface area contributed by atoms with E-state index in [2.05, 4.69) is 40.1 Å². The maximum Gasteiger partial charge on any atom is 0.153 e. The summed E-state index contributed by atoms with van der Waals surface area (Å²) in [7, 11) is 0. The number of hydrogen-bond donors (Lipinski definition) is 0. The number of nitrogens with zero attached hydrogens (tertiary/aromatic N) is 4. The van der Waals surface area contributed by atoms with Crippen LogP contribution in [0.3, 0.4) is 0 Å². The van der Waals surface area contributed by atoms with Crippen LogP contribution in [0.4, 0.5) is 0 Å². The predicted octanol–water partition coefficient (Wildman–Crippen LogP) is 3.32. The Balaban J connectivity index is 1.42. The van der Waals surface area contributed by atoms with E-state index in [0.29, 0.717) is 6.04 Å². The molecule has 1 unspecified atom stereocenters. The third kappa shape index (κ3) is 2.59. The van der Waals surface area contributed by atoms with Gasteiger partial charge in [-0.15, -0.1) is 0 Å². The molecule has 2 aliphatic heterocycles. The van der Waals surface area contributed by atoms with Crippen LogP contribution in [0.25, 0.3) is 5.82 Å². The minimum absolute atomic E-state index is 0.338. The zero-order valence-electron chi connectivity index (χ0n) is 14.9. The fraction of sp³-hybridized carbons (Fsp3) is 0.333. The van der Waals surface area contributed by atoms with E-state index in [1.807, 2.05) is 35.3 Å². The van der Waals surface area contributed by atoms with E-state index in [1.54, 1.807) is 0 Å². The second-order valence-corrected chi connectivity index (χ2v) is 7.08. The lowest BCUT2D eigenvalue weighted by Gasteiger charge is -2.33. The van der Waals surface area contributed by atoms with Crippen LogP contribution in [0.15, 0.2) is 48.8 Å². The van der Waals surface area contributed by atoms with E-state index in [0.717, 1.165) is 44.1 Å². The van der Waals surface area contributed by atoms with E-state index >= 15 is 0 Å². The minimum atomic E-state index is 0.338. The Morgan fingerprint density at radius 3 is 2.96 bits per heavy atom. The summed E-state index contributed by atoms with van der Waals surface area (Å²) in [4.78, 5) is 6.98. The second kappa shape index (κ2) is 6.25. The van der Waals surface area contributed by atoms with Crippen molar-refractivity contribution in [2.45, 2.75) is 32.4 Å². The topological polar surface area (TPSA) is 43.2 Å². The molecule has 2 aliphatic rings. The van der Waals surface area contributed by atoms with Crippen molar-refractivity contribution in [1.29, 1.82) is 0 Å². The molecule has 132 valence electrons. The Morgan fingerprint density at radius 1 is 1.12 bits per heavy atom. The van der Waals surface area contributed by atoms with Crippen LogP contribution in [0.5, 0.6) is 5.75 Å². The molecule has 0 fully saturated rings. The number of rotatable bonds is 3. The fourth-order valence-corrected chi connectivity index (χ4v) is 3.98. The summed E-state index contributed by atoms with van der Waals surface area (Å²) in [6.07, 6.45) is 5.86. The molecule has 0 amide bonds. The molecule has 5 rings (SSSR count). The summed E-state index contributed by atoms with van der Waals surface area (Å²) in [5.41, 5.74) is 5.23. The summed E-state index contributed by atoms with van der Waals surface area (Å²) >= 11 is 0. The smallest absolute Gasteiger partial charge is 0.153 e. The molecule has 1 aromatic carbocycles. The van der Waals surface area contributed by atoms with Crippen molar-refractivity contribution in [2.75, 3.05) is 13.2 Å². The number of fused-ring (bicyclic) bond motifs is 2. The lowest BCUT2D eigenvalue weighted by atomic mass is 10.00. The Labute approximate surface area is 153 Å². The predicted molar refractivity (Wildman–Crippen MR) is 99.5 cm³/mol. The highest BCUT2D eigenvalue weighted by Crippen LogP contribution is 2.33. The first-order valence-corrected chi connectivity index (χ1v) is 9.26. The van der Waals surface area contributed by atoms with Gasteiger partial charge in [-0.25, -0.2) is 9.67 Å². The Kier molecular flexibility index (Phi) is 3.75. The quantitative estimate of drug-likeness (QED) is 0.730. The monoisotopic (exact) mass is 346 g/mol. The number of benzene rings is 1. The first-order valence-electron chi connectivity index (χ1n) is 9.26. The molecule has 0 saturated heterocycles. The average molecular weight is 346 g/mol. The number of pyridine rings is 1. The molecule has 0 saturated carbocycles. The fourth-order valence-electron chi connectivity index (χ4n) is 3.98. The van der Waals surface area contributed by atoms with Gasteiger partial charge in [0.05, 0.1) is 18.5 Å². The van der Waals surface area contributed by atoms with Gasteiger partial charge >= 0.3 is 0 Å². The van der Waals surface area contributed by atoms with Crippen LogP contribution >= 0.6 is 0 Å². The Bertz CT molecular complexity index is 934. The largest absolute Gasteiger partial charge is 0.493 e.